The number of aliphatic hydroxyl groups is 1. The van der Waals surface area contributed by atoms with Gasteiger partial charge in [0.15, 0.2) is 0 Å². The Hall–Kier alpha value is -1.67. The van der Waals surface area contributed by atoms with Gasteiger partial charge in [-0.3, -0.25) is 9.59 Å². The summed E-state index contributed by atoms with van der Waals surface area (Å²) < 4.78 is 16.7. The smallest absolute Gasteiger partial charge is 0.336 e. The minimum Gasteiger partial charge on any atom is -0.462 e. The van der Waals surface area contributed by atoms with Gasteiger partial charge in [0, 0.05) is 17.3 Å². The first-order chi connectivity index (χ1) is 20.8. The molecule has 7 nitrogen and oxygen atoms in total. The SMILES string of the molecule is CC(=O)O[C@@H]1CC[C@@]2(C)C(CC[C@@]3(C)C2C(O)CC2/C(=C(\CCC=C(C)C)C(=O)OCOC(=O)C(C)(C)C)[C@H](Br)C[C@@]23C)[C@@H]1C. The van der Waals surface area contributed by atoms with Crippen molar-refractivity contribution in [2.24, 2.45) is 45.3 Å². The zero-order chi connectivity index (χ0) is 33.7. The molecule has 1 N–H and O–H groups in total. The van der Waals surface area contributed by atoms with E-state index in [9.17, 15) is 19.5 Å². The molecule has 0 radical (unpaired) electrons. The number of hydrogen-bond acceptors (Lipinski definition) is 7. The summed E-state index contributed by atoms with van der Waals surface area (Å²) in [6.07, 6.45) is 7.97. The van der Waals surface area contributed by atoms with Gasteiger partial charge < -0.3 is 19.3 Å². The molecule has 4 aliphatic rings. The van der Waals surface area contributed by atoms with Crippen LogP contribution in [0.25, 0.3) is 0 Å². The largest absolute Gasteiger partial charge is 0.462 e. The molecule has 0 aromatic carbocycles. The number of halogens is 1. The summed E-state index contributed by atoms with van der Waals surface area (Å²) in [5.74, 6) is -0.369. The second kappa shape index (κ2) is 13.1. The monoisotopic (exact) mass is 692 g/mol. The second-order valence-electron chi connectivity index (χ2n) is 16.5. The molecule has 45 heavy (non-hydrogen) atoms. The first-order valence-corrected chi connectivity index (χ1v) is 17.9. The molecule has 0 heterocycles. The van der Waals surface area contributed by atoms with Crippen LogP contribution in [-0.2, 0) is 28.6 Å². The Labute approximate surface area is 279 Å². The van der Waals surface area contributed by atoms with Gasteiger partial charge in [0.25, 0.3) is 0 Å². The van der Waals surface area contributed by atoms with Crippen molar-refractivity contribution in [3.63, 3.8) is 0 Å². The minimum atomic E-state index is -0.692. The van der Waals surface area contributed by atoms with Crippen molar-refractivity contribution in [3.8, 4) is 0 Å². The lowest BCUT2D eigenvalue weighted by atomic mass is 9.36. The van der Waals surface area contributed by atoms with E-state index in [-0.39, 0.29) is 50.9 Å². The van der Waals surface area contributed by atoms with Crippen LogP contribution in [0.5, 0.6) is 0 Å². The zero-order valence-electron chi connectivity index (χ0n) is 29.3. The summed E-state index contributed by atoms with van der Waals surface area (Å²) in [5, 5.41) is 12.2. The highest BCUT2D eigenvalue weighted by atomic mass is 79.9. The van der Waals surface area contributed by atoms with Gasteiger partial charge in [-0.2, -0.15) is 0 Å². The number of fused-ring (bicyclic) bond motifs is 5. The molecule has 4 aliphatic carbocycles. The lowest BCUT2D eigenvalue weighted by Crippen LogP contribution is -2.65. The molecule has 0 aromatic rings. The number of carbonyl (C=O) groups excluding carboxylic acids is 3. The van der Waals surface area contributed by atoms with E-state index in [4.69, 9.17) is 14.2 Å². The maximum Gasteiger partial charge on any atom is 0.336 e. The van der Waals surface area contributed by atoms with E-state index in [1.165, 1.54) is 12.5 Å². The predicted octanol–water partition coefficient (Wildman–Crippen LogP) is 8.07. The van der Waals surface area contributed by atoms with Crippen LogP contribution < -0.4 is 0 Å². The Bertz CT molecular complexity index is 1230. The Balaban J connectivity index is 1.68. The molecule has 0 bridgehead atoms. The number of carbonyl (C=O) groups is 3. The lowest BCUT2D eigenvalue weighted by molar-refractivity contribution is -0.235. The van der Waals surface area contributed by atoms with E-state index in [0.717, 1.165) is 37.7 Å². The van der Waals surface area contributed by atoms with Crippen molar-refractivity contribution in [1.82, 2.24) is 0 Å². The summed E-state index contributed by atoms with van der Waals surface area (Å²) in [6, 6.07) is 0. The third kappa shape index (κ3) is 6.58. The van der Waals surface area contributed by atoms with Crippen LogP contribution >= 0.6 is 15.9 Å². The van der Waals surface area contributed by atoms with Crippen molar-refractivity contribution >= 4 is 33.8 Å². The van der Waals surface area contributed by atoms with E-state index in [2.05, 4.69) is 49.7 Å². The topological polar surface area (TPSA) is 99.1 Å². The van der Waals surface area contributed by atoms with Gasteiger partial charge in [-0.05, 0) is 131 Å². The molecule has 10 atom stereocenters. The van der Waals surface area contributed by atoms with Crippen molar-refractivity contribution in [2.75, 3.05) is 6.79 Å². The number of esters is 3. The number of allylic oxidation sites excluding steroid dienone is 3. The summed E-state index contributed by atoms with van der Waals surface area (Å²) in [5.41, 5.74) is 1.80. The van der Waals surface area contributed by atoms with Gasteiger partial charge >= 0.3 is 17.9 Å². The number of ether oxygens (including phenoxy) is 3. The van der Waals surface area contributed by atoms with Crippen LogP contribution in [-0.4, -0.2) is 46.8 Å². The average molecular weight is 694 g/mol. The highest BCUT2D eigenvalue weighted by Gasteiger charge is 2.70. The van der Waals surface area contributed by atoms with Gasteiger partial charge in [0.1, 0.15) is 6.10 Å². The maximum atomic E-state index is 13.8. The Morgan fingerprint density at radius 1 is 1.02 bits per heavy atom. The molecule has 4 fully saturated rings. The van der Waals surface area contributed by atoms with Crippen molar-refractivity contribution in [3.05, 3.63) is 22.8 Å². The first-order valence-electron chi connectivity index (χ1n) is 17.0. The first kappa shape index (κ1) is 36.2. The Kier molecular flexibility index (Phi) is 10.5. The molecule has 8 heteroatoms. The van der Waals surface area contributed by atoms with E-state index < -0.39 is 30.3 Å². The van der Waals surface area contributed by atoms with E-state index in [1.807, 2.05) is 13.8 Å². The fourth-order valence-corrected chi connectivity index (χ4v) is 11.5. The lowest BCUT2D eigenvalue weighted by Gasteiger charge is -2.69. The Morgan fingerprint density at radius 3 is 2.29 bits per heavy atom. The molecule has 4 rings (SSSR count). The molecule has 254 valence electrons. The quantitative estimate of drug-likeness (QED) is 0.0947. The molecule has 0 saturated heterocycles. The third-order valence-corrected chi connectivity index (χ3v) is 13.3. The van der Waals surface area contributed by atoms with Crippen molar-refractivity contribution in [1.29, 1.82) is 0 Å². The summed E-state index contributed by atoms with van der Waals surface area (Å²) in [7, 11) is 0. The normalized spacial score (nSPS) is 40.3. The highest BCUT2D eigenvalue weighted by molar-refractivity contribution is 9.09. The molecule has 0 spiro atoms. The minimum absolute atomic E-state index is 0.0134. The molecular formula is C37H57BrO7. The molecule has 0 aromatic heterocycles. The summed E-state index contributed by atoms with van der Waals surface area (Å²) in [4.78, 5) is 37.9. The van der Waals surface area contributed by atoms with Gasteiger partial charge in [-0.25, -0.2) is 4.79 Å². The van der Waals surface area contributed by atoms with Crippen LogP contribution in [0.4, 0.5) is 0 Å². The standard InChI is InChI=1S/C37H57BrO7/c1-21(2)12-11-13-24(32(41)43-20-44-33(42)34(5,6)7)30-26-18-28(40)31-35(8)16-15-29(45-23(4)39)22(3)25(35)14-17-36(31,9)37(26,10)19-27(30)38/h12,22,25-29,31,40H,11,13-20H2,1-10H3/b30-24-/t22-,25?,26?,27+,28?,29+,31?,35-,36-,37-/m0/s1. The summed E-state index contributed by atoms with van der Waals surface area (Å²) in [6.45, 7) is 19.9. The molecule has 0 aliphatic heterocycles. The zero-order valence-corrected chi connectivity index (χ0v) is 30.8. The molecule has 0 amide bonds. The fraction of sp³-hybridized carbons (Fsp3) is 0.811. The van der Waals surface area contributed by atoms with E-state index in [1.54, 1.807) is 20.8 Å². The van der Waals surface area contributed by atoms with E-state index >= 15 is 0 Å². The van der Waals surface area contributed by atoms with Crippen LogP contribution in [0, 0.1) is 45.3 Å². The Morgan fingerprint density at radius 2 is 1.69 bits per heavy atom. The van der Waals surface area contributed by atoms with Gasteiger partial charge in [0.05, 0.1) is 11.5 Å². The van der Waals surface area contributed by atoms with Crippen molar-refractivity contribution < 1.29 is 33.7 Å². The third-order valence-electron chi connectivity index (χ3n) is 12.5. The fourth-order valence-electron chi connectivity index (χ4n) is 10.3. The van der Waals surface area contributed by atoms with Crippen LogP contribution in [0.15, 0.2) is 22.8 Å². The van der Waals surface area contributed by atoms with Gasteiger partial charge in [-0.15, -0.1) is 0 Å². The summed E-state index contributed by atoms with van der Waals surface area (Å²) >= 11 is 4.02. The average Bonchev–Trinajstić information content (AvgIpc) is 3.17. The van der Waals surface area contributed by atoms with E-state index in [0.29, 0.717) is 30.8 Å². The molecular weight excluding hydrogens is 636 g/mol. The second-order valence-corrected chi connectivity index (χ2v) is 17.6. The highest BCUT2D eigenvalue weighted by Crippen LogP contribution is 2.74. The van der Waals surface area contributed by atoms with Crippen LogP contribution in [0.1, 0.15) is 121 Å². The maximum absolute atomic E-state index is 13.8. The molecule has 4 saturated carbocycles. The van der Waals surface area contributed by atoms with Crippen molar-refractivity contribution in [2.45, 2.75) is 138 Å². The number of hydrogen-bond donors (Lipinski definition) is 1. The van der Waals surface area contributed by atoms with Crippen LogP contribution in [0.2, 0.25) is 0 Å². The predicted molar refractivity (Wildman–Crippen MR) is 178 cm³/mol. The number of rotatable bonds is 7. The van der Waals surface area contributed by atoms with Crippen LogP contribution in [0.3, 0.4) is 0 Å². The van der Waals surface area contributed by atoms with Gasteiger partial charge in [-0.1, -0.05) is 55.3 Å². The molecule has 4 unspecified atom stereocenters. The number of aliphatic hydroxyl groups excluding tert-OH is 1. The van der Waals surface area contributed by atoms with Gasteiger partial charge in [0.2, 0.25) is 6.79 Å². The number of alkyl halides is 1.